The first-order valence-corrected chi connectivity index (χ1v) is 10.9. The maximum atomic E-state index is 12.6. The highest BCUT2D eigenvalue weighted by Crippen LogP contribution is 2.44. The van der Waals surface area contributed by atoms with Crippen molar-refractivity contribution in [1.82, 2.24) is 5.32 Å². The van der Waals surface area contributed by atoms with Gasteiger partial charge in [0.05, 0.1) is 12.5 Å². The van der Waals surface area contributed by atoms with Crippen LogP contribution in [0.3, 0.4) is 0 Å². The highest BCUT2D eigenvalue weighted by Gasteiger charge is 2.29. The molecule has 0 bridgehead atoms. The van der Waals surface area contributed by atoms with E-state index in [0.29, 0.717) is 10.6 Å². The zero-order valence-electron chi connectivity index (χ0n) is 16.3. The van der Waals surface area contributed by atoms with Crippen LogP contribution >= 0.6 is 27.5 Å². The van der Waals surface area contributed by atoms with Gasteiger partial charge in [-0.1, -0.05) is 76.1 Å². The molecule has 2 N–H and O–H groups in total. The van der Waals surface area contributed by atoms with E-state index in [9.17, 15) is 14.7 Å². The summed E-state index contributed by atoms with van der Waals surface area (Å²) < 4.78 is 6.28. The third-order valence-electron chi connectivity index (χ3n) is 5.35. The molecule has 7 heteroatoms. The maximum absolute atomic E-state index is 12.6. The quantitative estimate of drug-likeness (QED) is 0.425. The Kier molecular flexibility index (Phi) is 6.30. The van der Waals surface area contributed by atoms with Crippen LogP contribution in [-0.4, -0.2) is 23.8 Å². The van der Waals surface area contributed by atoms with Gasteiger partial charge in [0.25, 0.3) is 0 Å². The molecule has 3 aromatic rings. The minimum absolute atomic E-state index is 0.0782. The van der Waals surface area contributed by atoms with E-state index in [0.717, 1.165) is 26.7 Å². The minimum Gasteiger partial charge on any atom is -0.481 e. The second kappa shape index (κ2) is 9.12. The Morgan fingerprint density at radius 3 is 2.26 bits per heavy atom. The molecule has 5 nitrogen and oxygen atoms in total. The SMILES string of the molecule is O=C(O)C[C@H](NC(=O)OCC1c2ccccc2-c2ccccc21)c1cc(Br)ccc1Cl. The molecule has 1 aliphatic carbocycles. The van der Waals surface area contributed by atoms with Gasteiger partial charge in [-0.15, -0.1) is 0 Å². The number of hydrogen-bond acceptors (Lipinski definition) is 3. The number of carbonyl (C=O) groups is 2. The summed E-state index contributed by atoms with van der Waals surface area (Å²) in [5.74, 6) is -1.13. The molecule has 1 aliphatic rings. The number of hydrogen-bond donors (Lipinski definition) is 2. The van der Waals surface area contributed by atoms with Gasteiger partial charge >= 0.3 is 12.1 Å². The van der Waals surface area contributed by atoms with Crippen LogP contribution in [0.4, 0.5) is 4.79 Å². The fourth-order valence-corrected chi connectivity index (χ4v) is 4.61. The van der Waals surface area contributed by atoms with E-state index in [2.05, 4.69) is 33.4 Å². The van der Waals surface area contributed by atoms with Crippen molar-refractivity contribution in [3.8, 4) is 11.1 Å². The second-order valence-corrected chi connectivity index (χ2v) is 8.61. The first-order chi connectivity index (χ1) is 14.9. The largest absolute Gasteiger partial charge is 0.481 e. The van der Waals surface area contributed by atoms with Crippen LogP contribution in [0.2, 0.25) is 5.02 Å². The smallest absolute Gasteiger partial charge is 0.407 e. The first-order valence-electron chi connectivity index (χ1n) is 9.72. The Morgan fingerprint density at radius 2 is 1.65 bits per heavy atom. The van der Waals surface area contributed by atoms with Gasteiger partial charge in [-0.25, -0.2) is 4.79 Å². The number of ether oxygens (including phenoxy) is 1. The number of fused-ring (bicyclic) bond motifs is 3. The number of carboxylic acid groups (broad SMARTS) is 1. The van der Waals surface area contributed by atoms with E-state index in [-0.39, 0.29) is 18.9 Å². The fourth-order valence-electron chi connectivity index (χ4n) is 3.98. The topological polar surface area (TPSA) is 75.6 Å². The van der Waals surface area contributed by atoms with Crippen LogP contribution in [-0.2, 0) is 9.53 Å². The average Bonchev–Trinajstić information content (AvgIpc) is 3.07. The normalized spacial score (nSPS) is 13.2. The monoisotopic (exact) mass is 499 g/mol. The summed E-state index contributed by atoms with van der Waals surface area (Å²) in [7, 11) is 0. The summed E-state index contributed by atoms with van der Waals surface area (Å²) in [5, 5.41) is 12.3. The van der Waals surface area contributed by atoms with E-state index < -0.39 is 18.1 Å². The number of alkyl carbamates (subject to hydrolysis) is 1. The number of aliphatic carboxylic acids is 1. The van der Waals surface area contributed by atoms with Crippen molar-refractivity contribution >= 4 is 39.6 Å². The molecule has 0 aliphatic heterocycles. The lowest BCUT2D eigenvalue weighted by atomic mass is 9.98. The predicted octanol–water partition coefficient (Wildman–Crippen LogP) is 6.16. The van der Waals surface area contributed by atoms with Crippen LogP contribution < -0.4 is 5.32 Å². The number of benzene rings is 3. The van der Waals surface area contributed by atoms with Crippen molar-refractivity contribution in [3.05, 3.63) is 92.9 Å². The van der Waals surface area contributed by atoms with Gasteiger partial charge in [0.2, 0.25) is 0 Å². The molecule has 0 saturated carbocycles. The molecule has 31 heavy (non-hydrogen) atoms. The van der Waals surface area contributed by atoms with Gasteiger partial charge in [0.15, 0.2) is 0 Å². The summed E-state index contributed by atoms with van der Waals surface area (Å²) in [6.07, 6.45) is -1.01. The van der Waals surface area contributed by atoms with Crippen molar-refractivity contribution in [2.75, 3.05) is 6.61 Å². The average molecular weight is 501 g/mol. The number of rotatable bonds is 6. The number of amides is 1. The molecule has 0 fully saturated rings. The standard InChI is InChI=1S/C24H19BrClNO4/c25-14-9-10-21(26)19(11-14)22(12-23(28)29)27-24(30)31-13-20-17-7-3-1-5-15(17)16-6-2-4-8-18(16)20/h1-11,20,22H,12-13H2,(H,27,30)(H,28,29)/t22-/m0/s1. The summed E-state index contributed by atoms with van der Waals surface area (Å²) in [6.45, 7) is 0.145. The number of halogens is 2. The Labute approximate surface area is 193 Å². The Balaban J connectivity index is 1.50. The molecule has 0 aromatic heterocycles. The van der Waals surface area contributed by atoms with Crippen molar-refractivity contribution in [2.45, 2.75) is 18.4 Å². The fraction of sp³-hybridized carbons (Fsp3) is 0.167. The molecule has 0 heterocycles. The molecule has 0 spiro atoms. The van der Waals surface area contributed by atoms with Crippen LogP contribution in [0.15, 0.2) is 71.2 Å². The lowest BCUT2D eigenvalue weighted by molar-refractivity contribution is -0.137. The maximum Gasteiger partial charge on any atom is 0.407 e. The van der Waals surface area contributed by atoms with Gasteiger partial charge in [-0.3, -0.25) is 4.79 Å². The molecule has 158 valence electrons. The minimum atomic E-state index is -1.06. The Morgan fingerprint density at radius 1 is 1.03 bits per heavy atom. The number of carbonyl (C=O) groups excluding carboxylic acids is 1. The van der Waals surface area contributed by atoms with Gasteiger partial charge in [-0.2, -0.15) is 0 Å². The van der Waals surface area contributed by atoms with Crippen molar-refractivity contribution in [3.63, 3.8) is 0 Å². The van der Waals surface area contributed by atoms with Crippen LogP contribution in [0.1, 0.15) is 35.1 Å². The molecule has 1 amide bonds. The van der Waals surface area contributed by atoms with Crippen LogP contribution in [0.25, 0.3) is 11.1 Å². The molecule has 3 aromatic carbocycles. The van der Waals surface area contributed by atoms with Gasteiger partial charge in [-0.05, 0) is 46.0 Å². The summed E-state index contributed by atoms with van der Waals surface area (Å²) in [4.78, 5) is 24.0. The van der Waals surface area contributed by atoms with Crippen molar-refractivity contribution < 1.29 is 19.4 Å². The van der Waals surface area contributed by atoms with E-state index in [1.165, 1.54) is 0 Å². The summed E-state index contributed by atoms with van der Waals surface area (Å²) in [5.41, 5.74) is 4.99. The molecule has 4 rings (SSSR count). The number of nitrogens with one attached hydrogen (secondary N) is 1. The van der Waals surface area contributed by atoms with Crippen molar-refractivity contribution in [2.24, 2.45) is 0 Å². The number of carboxylic acids is 1. The molecule has 0 radical (unpaired) electrons. The van der Waals surface area contributed by atoms with E-state index in [1.807, 2.05) is 36.4 Å². The third-order valence-corrected chi connectivity index (χ3v) is 6.19. The van der Waals surface area contributed by atoms with E-state index in [4.69, 9.17) is 16.3 Å². The molecule has 0 saturated heterocycles. The van der Waals surface area contributed by atoms with Gasteiger partial charge in [0, 0.05) is 15.4 Å². The highest BCUT2D eigenvalue weighted by molar-refractivity contribution is 9.10. The Hall–Kier alpha value is -2.83. The van der Waals surface area contributed by atoms with Gasteiger partial charge in [0.1, 0.15) is 6.61 Å². The molecular weight excluding hydrogens is 482 g/mol. The summed E-state index contributed by atoms with van der Waals surface area (Å²) >= 11 is 9.60. The molecule has 0 unspecified atom stereocenters. The lowest BCUT2D eigenvalue weighted by Gasteiger charge is -2.20. The van der Waals surface area contributed by atoms with Crippen molar-refractivity contribution in [1.29, 1.82) is 0 Å². The molecular formula is C24H19BrClNO4. The Bertz CT molecular complexity index is 1100. The zero-order chi connectivity index (χ0) is 22.0. The third kappa shape index (κ3) is 4.60. The van der Waals surface area contributed by atoms with Gasteiger partial charge < -0.3 is 15.2 Å². The summed E-state index contributed by atoms with van der Waals surface area (Å²) in [6, 6.07) is 20.4. The predicted molar refractivity (Wildman–Crippen MR) is 122 cm³/mol. The zero-order valence-corrected chi connectivity index (χ0v) is 18.7. The first kappa shape index (κ1) is 21.4. The van der Waals surface area contributed by atoms with E-state index in [1.54, 1.807) is 18.2 Å². The van der Waals surface area contributed by atoms with Crippen LogP contribution in [0.5, 0.6) is 0 Å². The molecule has 1 atom stereocenters. The van der Waals surface area contributed by atoms with E-state index >= 15 is 0 Å². The van der Waals surface area contributed by atoms with Crippen LogP contribution in [0, 0.1) is 0 Å². The highest BCUT2D eigenvalue weighted by atomic mass is 79.9. The lowest BCUT2D eigenvalue weighted by Crippen LogP contribution is -2.32. The second-order valence-electron chi connectivity index (χ2n) is 7.29.